The smallest absolute Gasteiger partial charge is 0.191 e. The Balaban J connectivity index is 2.72. The van der Waals surface area contributed by atoms with Gasteiger partial charge in [-0.3, -0.25) is 0 Å². The molecule has 0 amide bonds. The number of aliphatic hydroxyl groups excluding tert-OH is 1. The van der Waals surface area contributed by atoms with Crippen molar-refractivity contribution in [1.82, 2.24) is 10.6 Å². The lowest BCUT2D eigenvalue weighted by atomic mass is 9.94. The van der Waals surface area contributed by atoms with Crippen LogP contribution in [0.4, 0.5) is 0 Å². The van der Waals surface area contributed by atoms with Gasteiger partial charge in [-0.25, -0.2) is 4.99 Å². The molecule has 1 aromatic rings. The van der Waals surface area contributed by atoms with Crippen molar-refractivity contribution in [2.45, 2.75) is 40.2 Å². The molecule has 0 aliphatic rings. The Morgan fingerprint density at radius 3 is 2.64 bits per heavy atom. The second kappa shape index (κ2) is 11.6. The number of aliphatic hydroxyl groups is 1. The first-order chi connectivity index (χ1) is 12.0. The minimum atomic E-state index is 0.199. The third kappa shape index (κ3) is 8.12. The van der Waals surface area contributed by atoms with Gasteiger partial charge in [0.05, 0.1) is 13.7 Å². The van der Waals surface area contributed by atoms with Gasteiger partial charge in [0.25, 0.3) is 0 Å². The average Bonchev–Trinajstić information content (AvgIpc) is 2.58. The second-order valence-corrected chi connectivity index (χ2v) is 6.58. The van der Waals surface area contributed by atoms with Gasteiger partial charge in [-0.1, -0.05) is 13.8 Å². The lowest BCUT2D eigenvalue weighted by molar-refractivity contribution is 0.243. The number of guanidine groups is 1. The van der Waals surface area contributed by atoms with E-state index >= 15 is 0 Å². The Bertz CT molecular complexity index is 533. The summed E-state index contributed by atoms with van der Waals surface area (Å²) >= 11 is 0. The predicted molar refractivity (Wildman–Crippen MR) is 102 cm³/mol. The van der Waals surface area contributed by atoms with Crippen molar-refractivity contribution >= 4 is 5.96 Å². The van der Waals surface area contributed by atoms with Gasteiger partial charge in [0.2, 0.25) is 0 Å². The van der Waals surface area contributed by atoms with Gasteiger partial charge in [-0.15, -0.1) is 0 Å². The third-order valence-electron chi connectivity index (χ3n) is 3.94. The molecule has 1 rings (SSSR count). The van der Waals surface area contributed by atoms with Crippen LogP contribution in [0.3, 0.4) is 0 Å². The fraction of sp³-hybridized carbons (Fsp3) is 0.632. The van der Waals surface area contributed by atoms with Gasteiger partial charge < -0.3 is 25.6 Å². The molecule has 0 saturated carbocycles. The van der Waals surface area contributed by atoms with Crippen LogP contribution in [0.15, 0.2) is 23.2 Å². The van der Waals surface area contributed by atoms with Crippen LogP contribution in [0.25, 0.3) is 0 Å². The van der Waals surface area contributed by atoms with E-state index in [9.17, 15) is 10.2 Å². The maximum absolute atomic E-state index is 9.97. The summed E-state index contributed by atoms with van der Waals surface area (Å²) < 4.78 is 5.19. The SMILES string of the molecule is CCNC(=NCc1cc(OC)ccc1O)NCC(CCO)CC(C)C. The van der Waals surface area contributed by atoms with E-state index in [4.69, 9.17) is 4.74 Å². The number of hydrogen-bond donors (Lipinski definition) is 4. The summed E-state index contributed by atoms with van der Waals surface area (Å²) in [6.45, 7) is 8.46. The van der Waals surface area contributed by atoms with Crippen LogP contribution in [0, 0.1) is 11.8 Å². The summed E-state index contributed by atoms with van der Waals surface area (Å²) in [7, 11) is 1.60. The zero-order valence-electron chi connectivity index (χ0n) is 15.9. The van der Waals surface area contributed by atoms with Crippen LogP contribution in [0.1, 0.15) is 39.2 Å². The summed E-state index contributed by atoms with van der Waals surface area (Å²) in [5.74, 6) is 2.60. The van der Waals surface area contributed by atoms with Crippen molar-refractivity contribution < 1.29 is 14.9 Å². The maximum Gasteiger partial charge on any atom is 0.191 e. The number of nitrogens with one attached hydrogen (secondary N) is 2. The van der Waals surface area contributed by atoms with Crippen molar-refractivity contribution in [3.63, 3.8) is 0 Å². The molecule has 6 nitrogen and oxygen atoms in total. The molecule has 1 aromatic carbocycles. The summed E-state index contributed by atoms with van der Waals surface area (Å²) in [5, 5.41) is 25.8. The molecule has 0 aromatic heterocycles. The molecule has 25 heavy (non-hydrogen) atoms. The van der Waals surface area contributed by atoms with E-state index in [1.807, 2.05) is 6.92 Å². The van der Waals surface area contributed by atoms with Gasteiger partial charge in [0.1, 0.15) is 11.5 Å². The molecule has 0 saturated heterocycles. The molecule has 0 spiro atoms. The van der Waals surface area contributed by atoms with E-state index in [2.05, 4.69) is 29.5 Å². The monoisotopic (exact) mass is 351 g/mol. The molecule has 0 radical (unpaired) electrons. The van der Waals surface area contributed by atoms with Crippen molar-refractivity contribution in [2.75, 3.05) is 26.8 Å². The number of aliphatic imine (C=N–C) groups is 1. The molecule has 4 N–H and O–H groups in total. The minimum absolute atomic E-state index is 0.199. The first-order valence-corrected chi connectivity index (χ1v) is 8.99. The molecule has 0 aliphatic heterocycles. The third-order valence-corrected chi connectivity index (χ3v) is 3.94. The van der Waals surface area contributed by atoms with Crippen LogP contribution in [-0.2, 0) is 6.54 Å². The van der Waals surface area contributed by atoms with E-state index < -0.39 is 0 Å². The van der Waals surface area contributed by atoms with Gasteiger partial charge in [-0.05, 0) is 49.8 Å². The van der Waals surface area contributed by atoms with E-state index in [0.29, 0.717) is 35.7 Å². The van der Waals surface area contributed by atoms with Gasteiger partial charge in [0.15, 0.2) is 5.96 Å². The number of phenolic OH excluding ortho intramolecular Hbond substituents is 1. The Morgan fingerprint density at radius 1 is 1.28 bits per heavy atom. The summed E-state index contributed by atoms with van der Waals surface area (Å²) in [4.78, 5) is 4.55. The highest BCUT2D eigenvalue weighted by atomic mass is 16.5. The predicted octanol–water partition coefficient (Wildman–Crippen LogP) is 2.50. The van der Waals surface area contributed by atoms with Crippen molar-refractivity contribution in [3.05, 3.63) is 23.8 Å². The summed E-state index contributed by atoms with van der Waals surface area (Å²) in [5.41, 5.74) is 0.714. The number of methoxy groups -OCH3 is 1. The van der Waals surface area contributed by atoms with Crippen molar-refractivity contribution in [2.24, 2.45) is 16.8 Å². The van der Waals surface area contributed by atoms with Gasteiger partial charge in [-0.2, -0.15) is 0 Å². The van der Waals surface area contributed by atoms with E-state index in [-0.39, 0.29) is 12.4 Å². The number of hydrogen-bond acceptors (Lipinski definition) is 4. The van der Waals surface area contributed by atoms with Gasteiger partial charge in [0, 0.05) is 25.3 Å². The second-order valence-electron chi connectivity index (χ2n) is 6.58. The Morgan fingerprint density at radius 2 is 2.04 bits per heavy atom. The molecule has 0 aliphatic carbocycles. The molecular weight excluding hydrogens is 318 g/mol. The molecule has 0 heterocycles. The highest BCUT2D eigenvalue weighted by Gasteiger charge is 2.11. The van der Waals surface area contributed by atoms with Crippen molar-refractivity contribution in [1.29, 1.82) is 0 Å². The Kier molecular flexibility index (Phi) is 9.77. The number of aromatic hydroxyl groups is 1. The first kappa shape index (κ1) is 21.1. The lowest BCUT2D eigenvalue weighted by Gasteiger charge is -2.20. The molecule has 1 unspecified atom stereocenters. The molecule has 6 heteroatoms. The quantitative estimate of drug-likeness (QED) is 0.384. The minimum Gasteiger partial charge on any atom is -0.508 e. The topological polar surface area (TPSA) is 86.1 Å². The average molecular weight is 351 g/mol. The Labute approximate surface area is 151 Å². The fourth-order valence-corrected chi connectivity index (χ4v) is 2.71. The van der Waals surface area contributed by atoms with E-state index in [1.165, 1.54) is 0 Å². The normalized spacial score (nSPS) is 13.0. The van der Waals surface area contributed by atoms with Crippen molar-refractivity contribution in [3.8, 4) is 11.5 Å². The van der Waals surface area contributed by atoms with Crippen LogP contribution in [0.5, 0.6) is 11.5 Å². The van der Waals surface area contributed by atoms with Crippen LogP contribution in [-0.4, -0.2) is 43.0 Å². The standard InChI is InChI=1S/C19H33N3O3/c1-5-20-19(21-12-15(8-9-23)10-14(2)3)22-13-16-11-17(25-4)6-7-18(16)24/h6-7,11,14-15,23-24H,5,8-10,12-13H2,1-4H3,(H2,20,21,22). The zero-order chi connectivity index (χ0) is 18.7. The Hall–Kier alpha value is -1.95. The van der Waals surface area contributed by atoms with Gasteiger partial charge >= 0.3 is 0 Å². The number of nitrogens with zero attached hydrogens (tertiary/aromatic N) is 1. The maximum atomic E-state index is 9.97. The number of ether oxygens (including phenoxy) is 1. The molecule has 0 bridgehead atoms. The van der Waals surface area contributed by atoms with Crippen LogP contribution in [0.2, 0.25) is 0 Å². The highest BCUT2D eigenvalue weighted by molar-refractivity contribution is 5.79. The summed E-state index contributed by atoms with van der Waals surface area (Å²) in [6.07, 6.45) is 1.84. The van der Waals surface area contributed by atoms with E-state index in [0.717, 1.165) is 25.9 Å². The van der Waals surface area contributed by atoms with Crippen LogP contribution >= 0.6 is 0 Å². The number of rotatable bonds is 10. The fourth-order valence-electron chi connectivity index (χ4n) is 2.71. The highest BCUT2D eigenvalue weighted by Crippen LogP contribution is 2.23. The molecule has 0 fully saturated rings. The number of phenols is 1. The lowest BCUT2D eigenvalue weighted by Crippen LogP contribution is -2.40. The number of benzene rings is 1. The van der Waals surface area contributed by atoms with Crippen LogP contribution < -0.4 is 15.4 Å². The first-order valence-electron chi connectivity index (χ1n) is 8.99. The molecule has 1 atom stereocenters. The largest absolute Gasteiger partial charge is 0.508 e. The van der Waals surface area contributed by atoms with E-state index in [1.54, 1.807) is 25.3 Å². The molecular formula is C19H33N3O3. The zero-order valence-corrected chi connectivity index (χ0v) is 15.9. The molecule has 142 valence electrons. The summed E-state index contributed by atoms with van der Waals surface area (Å²) in [6, 6.07) is 5.12.